The fourth-order valence-corrected chi connectivity index (χ4v) is 1.95. The van der Waals surface area contributed by atoms with E-state index < -0.39 is 12.4 Å². The molecule has 2 aromatic rings. The second-order valence-electron chi connectivity index (χ2n) is 4.99. The lowest BCUT2D eigenvalue weighted by atomic mass is 10.2. The molecule has 0 bridgehead atoms. The quantitative estimate of drug-likeness (QED) is 0.836. The smallest absolute Gasteiger partial charge is 0.406 e. The second-order valence-corrected chi connectivity index (χ2v) is 4.99. The molecular formula is C15H16F3N3O3. The van der Waals surface area contributed by atoms with Crippen molar-refractivity contribution < 1.29 is 27.2 Å². The van der Waals surface area contributed by atoms with Crippen LogP contribution in [0.15, 0.2) is 34.9 Å². The first-order valence-corrected chi connectivity index (χ1v) is 7.13. The zero-order chi connectivity index (χ0) is 17.7. The summed E-state index contributed by atoms with van der Waals surface area (Å²) in [7, 11) is 0. The van der Waals surface area contributed by atoms with Crippen LogP contribution >= 0.6 is 0 Å². The van der Waals surface area contributed by atoms with Crippen LogP contribution in [0.3, 0.4) is 0 Å². The number of hydrogen-bond donors (Lipinski definition) is 2. The molecule has 1 atom stereocenters. The van der Waals surface area contributed by atoms with Crippen LogP contribution < -0.4 is 15.4 Å². The fourth-order valence-electron chi connectivity index (χ4n) is 1.95. The third-order valence-corrected chi connectivity index (χ3v) is 3.03. The predicted molar refractivity (Wildman–Crippen MR) is 80.7 cm³/mol. The number of nitrogens with one attached hydrogen (secondary N) is 2. The number of carbonyl (C=O) groups excluding carboxylic acids is 1. The van der Waals surface area contributed by atoms with E-state index in [0.717, 1.165) is 0 Å². The van der Waals surface area contributed by atoms with Gasteiger partial charge < -0.3 is 19.9 Å². The van der Waals surface area contributed by atoms with Gasteiger partial charge in [-0.15, -0.1) is 13.2 Å². The van der Waals surface area contributed by atoms with E-state index in [-0.39, 0.29) is 11.7 Å². The molecule has 0 spiro atoms. The molecule has 130 valence electrons. The van der Waals surface area contributed by atoms with Gasteiger partial charge in [-0.3, -0.25) is 4.79 Å². The lowest BCUT2D eigenvalue weighted by Gasteiger charge is -2.17. The zero-order valence-electron chi connectivity index (χ0n) is 13.0. The highest BCUT2D eigenvalue weighted by atomic mass is 19.4. The maximum absolute atomic E-state index is 12.2. The summed E-state index contributed by atoms with van der Waals surface area (Å²) in [5.41, 5.74) is 0.489. The minimum Gasteiger partial charge on any atom is -0.406 e. The molecular weight excluding hydrogens is 327 g/mol. The Kier molecular flexibility index (Phi) is 5.32. The third-order valence-electron chi connectivity index (χ3n) is 3.03. The molecule has 1 heterocycles. The van der Waals surface area contributed by atoms with Crippen molar-refractivity contribution in [3.8, 4) is 5.75 Å². The van der Waals surface area contributed by atoms with E-state index in [4.69, 9.17) is 4.52 Å². The normalized spacial score (nSPS) is 12.5. The van der Waals surface area contributed by atoms with Crippen LogP contribution in [0.1, 0.15) is 19.1 Å². The molecule has 0 radical (unpaired) electrons. The van der Waals surface area contributed by atoms with Gasteiger partial charge in [-0.2, -0.15) is 0 Å². The number of hydrogen-bond acceptors (Lipinski definition) is 5. The van der Waals surface area contributed by atoms with Crippen LogP contribution in [0.25, 0.3) is 0 Å². The van der Waals surface area contributed by atoms with Crippen LogP contribution in [0.4, 0.5) is 24.7 Å². The van der Waals surface area contributed by atoms with Crippen LogP contribution in [-0.2, 0) is 4.79 Å². The molecule has 1 aromatic heterocycles. The lowest BCUT2D eigenvalue weighted by molar-refractivity contribution is -0.274. The van der Waals surface area contributed by atoms with Gasteiger partial charge in [0.1, 0.15) is 17.6 Å². The Labute approximate surface area is 136 Å². The van der Waals surface area contributed by atoms with Gasteiger partial charge in [0, 0.05) is 11.8 Å². The van der Waals surface area contributed by atoms with Crippen LogP contribution in [0, 0.1) is 6.92 Å². The summed E-state index contributed by atoms with van der Waals surface area (Å²) in [5, 5.41) is 9.20. The number of anilines is 2. The molecule has 0 saturated carbocycles. The maximum atomic E-state index is 12.2. The van der Waals surface area contributed by atoms with Crippen molar-refractivity contribution in [1.29, 1.82) is 0 Å². The van der Waals surface area contributed by atoms with Gasteiger partial charge in [0.2, 0.25) is 5.91 Å². The van der Waals surface area contributed by atoms with Gasteiger partial charge in [-0.25, -0.2) is 0 Å². The van der Waals surface area contributed by atoms with E-state index >= 15 is 0 Å². The second kappa shape index (κ2) is 7.24. The van der Waals surface area contributed by atoms with Crippen molar-refractivity contribution >= 4 is 17.4 Å². The first-order chi connectivity index (χ1) is 11.3. The summed E-state index contributed by atoms with van der Waals surface area (Å²) in [6.45, 7) is 3.50. The van der Waals surface area contributed by atoms with Gasteiger partial charge in [-0.05, 0) is 37.6 Å². The van der Waals surface area contributed by atoms with Gasteiger partial charge >= 0.3 is 6.36 Å². The van der Waals surface area contributed by atoms with Gasteiger partial charge in [0.15, 0.2) is 5.82 Å². The minimum atomic E-state index is -4.74. The first kappa shape index (κ1) is 17.6. The van der Waals surface area contributed by atoms with E-state index in [2.05, 4.69) is 20.5 Å². The van der Waals surface area contributed by atoms with Crippen molar-refractivity contribution in [2.24, 2.45) is 0 Å². The molecule has 24 heavy (non-hydrogen) atoms. The van der Waals surface area contributed by atoms with Crippen molar-refractivity contribution in [2.75, 3.05) is 10.6 Å². The molecule has 6 nitrogen and oxygen atoms in total. The number of rotatable bonds is 6. The highest BCUT2D eigenvalue weighted by molar-refractivity contribution is 5.95. The van der Waals surface area contributed by atoms with Crippen molar-refractivity contribution in [1.82, 2.24) is 5.16 Å². The zero-order valence-corrected chi connectivity index (χ0v) is 13.0. The number of nitrogens with zero attached hydrogens (tertiary/aromatic N) is 1. The van der Waals surface area contributed by atoms with Crippen LogP contribution in [0.5, 0.6) is 5.75 Å². The van der Waals surface area contributed by atoms with Crippen LogP contribution in [0.2, 0.25) is 0 Å². The topological polar surface area (TPSA) is 76.4 Å². The predicted octanol–water partition coefficient (Wildman–Crippen LogP) is 3.71. The number of aryl methyl sites for hydroxylation is 1. The SMILES string of the molecule is CC[C@@H](Nc1ccc(OC(F)(F)F)cc1)C(=O)Nc1cc(C)on1. The maximum Gasteiger partial charge on any atom is 0.573 e. The van der Waals surface area contributed by atoms with E-state index in [1.165, 1.54) is 24.3 Å². The number of alkyl halides is 3. The molecule has 0 unspecified atom stereocenters. The lowest BCUT2D eigenvalue weighted by Crippen LogP contribution is -2.34. The molecule has 0 aliphatic heterocycles. The van der Waals surface area contributed by atoms with Gasteiger partial charge in [0.05, 0.1) is 0 Å². The minimum absolute atomic E-state index is 0.298. The summed E-state index contributed by atoms with van der Waals surface area (Å²) in [6.07, 6.45) is -4.28. The Hall–Kier alpha value is -2.71. The van der Waals surface area contributed by atoms with Crippen LogP contribution in [-0.4, -0.2) is 23.5 Å². The molecule has 0 fully saturated rings. The van der Waals surface area contributed by atoms with Crippen molar-refractivity contribution in [3.05, 3.63) is 36.1 Å². The number of carbonyl (C=O) groups is 1. The Morgan fingerprint density at radius 2 is 2.00 bits per heavy atom. The molecule has 0 aliphatic carbocycles. The average Bonchev–Trinajstić information content (AvgIpc) is 2.90. The summed E-state index contributed by atoms with van der Waals surface area (Å²) < 4.78 is 45.0. The van der Waals surface area contributed by atoms with E-state index in [1.54, 1.807) is 19.9 Å². The largest absolute Gasteiger partial charge is 0.573 e. The first-order valence-electron chi connectivity index (χ1n) is 7.13. The fraction of sp³-hybridized carbons (Fsp3) is 0.333. The molecule has 1 amide bonds. The van der Waals surface area contributed by atoms with E-state index in [9.17, 15) is 18.0 Å². The standard InChI is InChI=1S/C15H16F3N3O3/c1-3-12(14(22)20-13-8-9(2)24-21-13)19-10-4-6-11(7-5-10)23-15(16,17)18/h4-8,12,19H,3H2,1-2H3,(H,20,21,22)/t12-/m1/s1. The highest BCUT2D eigenvalue weighted by Crippen LogP contribution is 2.24. The monoisotopic (exact) mass is 343 g/mol. The van der Waals surface area contributed by atoms with Crippen molar-refractivity contribution in [3.63, 3.8) is 0 Å². The van der Waals surface area contributed by atoms with Gasteiger partial charge in [-0.1, -0.05) is 12.1 Å². The molecule has 2 rings (SSSR count). The average molecular weight is 343 g/mol. The Bertz CT molecular complexity index is 683. The Morgan fingerprint density at radius 3 is 2.50 bits per heavy atom. The van der Waals surface area contributed by atoms with Gasteiger partial charge in [0.25, 0.3) is 0 Å². The summed E-state index contributed by atoms with van der Waals surface area (Å²) in [6, 6.07) is 6.13. The molecule has 9 heteroatoms. The third kappa shape index (κ3) is 5.18. The molecule has 2 N–H and O–H groups in total. The van der Waals surface area contributed by atoms with E-state index in [1.807, 2.05) is 0 Å². The number of halogens is 3. The molecule has 1 aromatic carbocycles. The summed E-state index contributed by atoms with van der Waals surface area (Å²) in [5.74, 6) is 0.197. The molecule has 0 aliphatic rings. The number of amides is 1. The number of benzene rings is 1. The number of ether oxygens (including phenoxy) is 1. The summed E-state index contributed by atoms with van der Waals surface area (Å²) in [4.78, 5) is 12.2. The molecule has 0 saturated heterocycles. The highest BCUT2D eigenvalue weighted by Gasteiger charge is 2.31. The summed E-state index contributed by atoms with van der Waals surface area (Å²) >= 11 is 0. The number of aromatic nitrogens is 1. The Morgan fingerprint density at radius 1 is 1.33 bits per heavy atom. The van der Waals surface area contributed by atoms with E-state index in [0.29, 0.717) is 23.7 Å². The van der Waals surface area contributed by atoms with Crippen molar-refractivity contribution in [2.45, 2.75) is 32.7 Å². The Balaban J connectivity index is 1.97.